The highest BCUT2D eigenvalue weighted by Gasteiger charge is 2.29. The van der Waals surface area contributed by atoms with Crippen molar-refractivity contribution < 1.29 is 14.7 Å². The van der Waals surface area contributed by atoms with Crippen LogP contribution in [0, 0.1) is 11.8 Å². The van der Waals surface area contributed by atoms with Crippen LogP contribution in [0.2, 0.25) is 0 Å². The number of carbonyl (C=O) groups is 2. The van der Waals surface area contributed by atoms with Crippen LogP contribution < -0.4 is 5.32 Å². The van der Waals surface area contributed by atoms with Gasteiger partial charge in [-0.25, -0.2) is 0 Å². The molecule has 2 rings (SSSR count). The maximum atomic E-state index is 12.1. The van der Waals surface area contributed by atoms with Gasteiger partial charge < -0.3 is 10.4 Å². The second-order valence-corrected chi connectivity index (χ2v) is 5.91. The zero-order valence-electron chi connectivity index (χ0n) is 12.4. The molecule has 4 nitrogen and oxygen atoms in total. The summed E-state index contributed by atoms with van der Waals surface area (Å²) in [6.45, 7) is 1.79. The summed E-state index contributed by atoms with van der Waals surface area (Å²) in [6.07, 6.45) is 4.48. The molecule has 1 aromatic rings. The minimum absolute atomic E-state index is 0.0133. The van der Waals surface area contributed by atoms with Gasteiger partial charge in [0.05, 0.1) is 5.92 Å². The number of benzene rings is 1. The topological polar surface area (TPSA) is 66.4 Å². The average Bonchev–Trinajstić information content (AvgIpc) is 2.99. The number of carboxylic acid groups (broad SMARTS) is 1. The third kappa shape index (κ3) is 4.31. The Bertz CT molecular complexity index is 480. The molecule has 2 atom stereocenters. The van der Waals surface area contributed by atoms with E-state index >= 15 is 0 Å². The van der Waals surface area contributed by atoms with Crippen molar-refractivity contribution in [3.8, 4) is 0 Å². The van der Waals surface area contributed by atoms with Gasteiger partial charge in [-0.1, -0.05) is 43.2 Å². The van der Waals surface area contributed by atoms with Gasteiger partial charge >= 0.3 is 5.97 Å². The van der Waals surface area contributed by atoms with Crippen LogP contribution in [-0.2, 0) is 16.0 Å². The van der Waals surface area contributed by atoms with E-state index in [0.717, 1.165) is 31.2 Å². The molecular formula is C17H23NO3. The summed E-state index contributed by atoms with van der Waals surface area (Å²) in [6, 6.07) is 9.18. The van der Waals surface area contributed by atoms with Gasteiger partial charge in [0.15, 0.2) is 0 Å². The largest absolute Gasteiger partial charge is 0.481 e. The molecular weight excluding hydrogens is 266 g/mol. The minimum atomic E-state index is -0.863. The summed E-state index contributed by atoms with van der Waals surface area (Å²) in [5.41, 5.74) is 0.979. The van der Waals surface area contributed by atoms with Crippen molar-refractivity contribution in [1.29, 1.82) is 0 Å². The summed E-state index contributed by atoms with van der Waals surface area (Å²) >= 11 is 0. The van der Waals surface area contributed by atoms with Crippen LogP contribution in [0.25, 0.3) is 0 Å². The number of amides is 1. The van der Waals surface area contributed by atoms with E-state index < -0.39 is 11.9 Å². The predicted octanol–water partition coefficient (Wildman–Crippen LogP) is 2.62. The van der Waals surface area contributed by atoms with Crippen molar-refractivity contribution >= 4 is 11.9 Å². The first-order valence-corrected chi connectivity index (χ1v) is 7.65. The van der Waals surface area contributed by atoms with Crippen molar-refractivity contribution in [3.05, 3.63) is 35.9 Å². The van der Waals surface area contributed by atoms with Gasteiger partial charge in [-0.15, -0.1) is 0 Å². The third-order valence-corrected chi connectivity index (χ3v) is 4.32. The summed E-state index contributed by atoms with van der Waals surface area (Å²) < 4.78 is 0. The van der Waals surface area contributed by atoms with Crippen LogP contribution in [0.4, 0.5) is 0 Å². The Labute approximate surface area is 125 Å². The second-order valence-electron chi connectivity index (χ2n) is 5.91. The lowest BCUT2D eigenvalue weighted by Gasteiger charge is -2.23. The first kappa shape index (κ1) is 15.5. The van der Waals surface area contributed by atoms with Crippen LogP contribution in [0.15, 0.2) is 30.3 Å². The smallest absolute Gasteiger partial charge is 0.308 e. The highest BCUT2D eigenvalue weighted by Crippen LogP contribution is 2.25. The summed E-state index contributed by atoms with van der Waals surface area (Å²) in [5.74, 6) is -1.38. The molecule has 114 valence electrons. The molecule has 1 aliphatic rings. The Hall–Kier alpha value is -1.84. The monoisotopic (exact) mass is 289 g/mol. The number of nitrogens with one attached hydrogen (secondary N) is 1. The van der Waals surface area contributed by atoms with Gasteiger partial charge in [-0.05, 0) is 31.7 Å². The molecule has 0 bridgehead atoms. The van der Waals surface area contributed by atoms with Gasteiger partial charge in [0, 0.05) is 12.0 Å². The fraction of sp³-hybridized carbons (Fsp3) is 0.529. The number of carboxylic acids is 1. The SMILES string of the molecule is CC(NC(=O)C1CCCC1)C(Cc1ccccc1)C(=O)O. The number of carbonyl (C=O) groups excluding carboxylic acids is 1. The molecule has 0 spiro atoms. The van der Waals surface area contributed by atoms with Gasteiger partial charge in [-0.2, -0.15) is 0 Å². The summed E-state index contributed by atoms with van der Waals surface area (Å²) in [7, 11) is 0. The molecule has 2 N–H and O–H groups in total. The van der Waals surface area contributed by atoms with E-state index in [2.05, 4.69) is 5.32 Å². The lowest BCUT2D eigenvalue weighted by molar-refractivity contribution is -0.143. The molecule has 4 heteroatoms. The summed E-state index contributed by atoms with van der Waals surface area (Å²) in [4.78, 5) is 23.6. The van der Waals surface area contributed by atoms with Crippen molar-refractivity contribution in [3.63, 3.8) is 0 Å². The molecule has 0 saturated heterocycles. The van der Waals surface area contributed by atoms with Crippen molar-refractivity contribution in [1.82, 2.24) is 5.32 Å². The first-order valence-electron chi connectivity index (χ1n) is 7.65. The zero-order chi connectivity index (χ0) is 15.2. The average molecular weight is 289 g/mol. The molecule has 1 saturated carbocycles. The normalized spacial score (nSPS) is 18.1. The maximum absolute atomic E-state index is 12.1. The van der Waals surface area contributed by atoms with Crippen LogP contribution in [0.1, 0.15) is 38.2 Å². The predicted molar refractivity (Wildman–Crippen MR) is 80.8 cm³/mol. The van der Waals surface area contributed by atoms with Crippen LogP contribution >= 0.6 is 0 Å². The Morgan fingerprint density at radius 3 is 2.43 bits per heavy atom. The van der Waals surface area contributed by atoms with Crippen molar-refractivity contribution in [2.45, 2.75) is 45.1 Å². The first-order chi connectivity index (χ1) is 10.1. The number of hydrogen-bond acceptors (Lipinski definition) is 2. The van der Waals surface area contributed by atoms with Crippen LogP contribution in [0.3, 0.4) is 0 Å². The van der Waals surface area contributed by atoms with E-state index in [9.17, 15) is 14.7 Å². The Morgan fingerprint density at radius 1 is 1.24 bits per heavy atom. The number of hydrogen-bond donors (Lipinski definition) is 2. The maximum Gasteiger partial charge on any atom is 0.308 e. The standard InChI is InChI=1S/C17H23NO3/c1-12(18-16(19)14-9-5-6-10-14)15(17(20)21)11-13-7-3-2-4-8-13/h2-4,7-8,12,14-15H,5-6,9-11H2,1H3,(H,18,19)(H,20,21). The van der Waals surface area contributed by atoms with Gasteiger partial charge in [0.1, 0.15) is 0 Å². The molecule has 2 unspecified atom stereocenters. The van der Waals surface area contributed by atoms with E-state index in [-0.39, 0.29) is 17.9 Å². The molecule has 0 radical (unpaired) electrons. The molecule has 1 amide bonds. The minimum Gasteiger partial charge on any atom is -0.481 e. The fourth-order valence-electron chi connectivity index (χ4n) is 2.98. The fourth-order valence-corrected chi connectivity index (χ4v) is 2.98. The van der Waals surface area contributed by atoms with Gasteiger partial charge in [-0.3, -0.25) is 9.59 Å². The second kappa shape index (κ2) is 7.25. The Kier molecular flexibility index (Phi) is 5.37. The van der Waals surface area contributed by atoms with Crippen molar-refractivity contribution in [2.24, 2.45) is 11.8 Å². The quantitative estimate of drug-likeness (QED) is 0.846. The molecule has 1 aliphatic carbocycles. The molecule has 1 aromatic carbocycles. The van der Waals surface area contributed by atoms with Gasteiger partial charge in [0.25, 0.3) is 0 Å². The summed E-state index contributed by atoms with van der Waals surface area (Å²) in [5, 5.41) is 12.3. The highest BCUT2D eigenvalue weighted by molar-refractivity contribution is 5.80. The molecule has 0 heterocycles. The highest BCUT2D eigenvalue weighted by atomic mass is 16.4. The Balaban J connectivity index is 1.97. The molecule has 0 aliphatic heterocycles. The van der Waals surface area contributed by atoms with E-state index in [1.165, 1.54) is 0 Å². The third-order valence-electron chi connectivity index (χ3n) is 4.32. The molecule has 21 heavy (non-hydrogen) atoms. The lowest BCUT2D eigenvalue weighted by atomic mass is 9.92. The van der Waals surface area contributed by atoms with Crippen LogP contribution in [0.5, 0.6) is 0 Å². The number of aliphatic carboxylic acids is 1. The van der Waals surface area contributed by atoms with Gasteiger partial charge in [0.2, 0.25) is 5.91 Å². The Morgan fingerprint density at radius 2 is 1.86 bits per heavy atom. The van der Waals surface area contributed by atoms with Crippen molar-refractivity contribution in [2.75, 3.05) is 0 Å². The van der Waals surface area contributed by atoms with E-state index in [4.69, 9.17) is 0 Å². The van der Waals surface area contributed by atoms with Crippen LogP contribution in [-0.4, -0.2) is 23.0 Å². The van der Waals surface area contributed by atoms with E-state index in [1.54, 1.807) is 6.92 Å². The van der Waals surface area contributed by atoms with E-state index in [1.807, 2.05) is 30.3 Å². The van der Waals surface area contributed by atoms with E-state index in [0.29, 0.717) is 6.42 Å². The lowest BCUT2D eigenvalue weighted by Crippen LogP contribution is -2.44. The zero-order valence-corrected chi connectivity index (χ0v) is 12.4. The molecule has 0 aromatic heterocycles. The number of rotatable bonds is 6. The molecule has 1 fully saturated rings.